The number of pyridine rings is 1. The highest BCUT2D eigenvalue weighted by molar-refractivity contribution is 5.75. The van der Waals surface area contributed by atoms with E-state index in [4.69, 9.17) is 20.5 Å². The molecule has 0 bridgehead atoms. The molecule has 3 aromatic rings. The minimum absolute atomic E-state index is 0.00580. The predicted octanol–water partition coefficient (Wildman–Crippen LogP) is 2.45. The number of H-pyrrole nitrogens is 1. The van der Waals surface area contributed by atoms with Gasteiger partial charge < -0.3 is 20.5 Å². The molecular formula is C20H22N8O2. The lowest BCUT2D eigenvalue weighted by Gasteiger charge is -2.21. The maximum atomic E-state index is 8.83. The summed E-state index contributed by atoms with van der Waals surface area (Å²) in [5.41, 5.74) is 8.57. The van der Waals surface area contributed by atoms with E-state index in [1.54, 1.807) is 13.2 Å². The van der Waals surface area contributed by atoms with E-state index >= 15 is 0 Å². The van der Waals surface area contributed by atoms with Crippen molar-refractivity contribution in [1.29, 1.82) is 5.26 Å². The smallest absolute Gasteiger partial charge is 0.226 e. The molecule has 1 saturated carbocycles. The van der Waals surface area contributed by atoms with Gasteiger partial charge in [0, 0.05) is 23.9 Å². The lowest BCUT2D eigenvalue weighted by Crippen LogP contribution is -2.33. The van der Waals surface area contributed by atoms with Crippen molar-refractivity contribution in [1.82, 2.24) is 25.1 Å². The quantitative estimate of drug-likeness (QED) is 0.561. The number of nitrogens with two attached hydrogens (primary N) is 1. The van der Waals surface area contributed by atoms with E-state index in [0.717, 1.165) is 25.0 Å². The van der Waals surface area contributed by atoms with Gasteiger partial charge in [-0.1, -0.05) is 0 Å². The minimum Gasteiger partial charge on any atom is -0.488 e. The van der Waals surface area contributed by atoms with E-state index in [1.165, 1.54) is 12.4 Å². The molecule has 1 aliphatic carbocycles. The Balaban J connectivity index is 1.64. The molecule has 4 rings (SSSR count). The van der Waals surface area contributed by atoms with Crippen LogP contribution in [0.2, 0.25) is 0 Å². The topological polar surface area (TPSA) is 148 Å². The SMILES string of the molecule is COc1nc(C)cc(O[C@@H]2CCC[C@H]2N)c1-c1cc(Nc2cnc(C#N)cn2)n[nH]1. The average molecular weight is 406 g/mol. The maximum Gasteiger partial charge on any atom is 0.226 e. The van der Waals surface area contributed by atoms with Crippen LogP contribution in [0.3, 0.4) is 0 Å². The normalized spacial score (nSPS) is 18.1. The number of methoxy groups -OCH3 is 1. The van der Waals surface area contributed by atoms with Gasteiger partial charge in [-0.05, 0) is 26.2 Å². The highest BCUT2D eigenvalue weighted by atomic mass is 16.5. The molecule has 30 heavy (non-hydrogen) atoms. The van der Waals surface area contributed by atoms with Gasteiger partial charge in [-0.15, -0.1) is 0 Å². The van der Waals surface area contributed by atoms with E-state index in [0.29, 0.717) is 34.5 Å². The van der Waals surface area contributed by atoms with Crippen LogP contribution in [0.1, 0.15) is 30.7 Å². The summed E-state index contributed by atoms with van der Waals surface area (Å²) >= 11 is 0. The van der Waals surface area contributed by atoms with Gasteiger partial charge >= 0.3 is 0 Å². The second kappa shape index (κ2) is 8.34. The van der Waals surface area contributed by atoms with Crippen LogP contribution in [-0.2, 0) is 0 Å². The third-order valence-corrected chi connectivity index (χ3v) is 4.92. The van der Waals surface area contributed by atoms with Gasteiger partial charge in [-0.2, -0.15) is 10.4 Å². The first-order chi connectivity index (χ1) is 14.6. The van der Waals surface area contributed by atoms with Crippen molar-refractivity contribution in [3.8, 4) is 29.0 Å². The number of hydrogen-bond donors (Lipinski definition) is 3. The van der Waals surface area contributed by atoms with Gasteiger partial charge in [0.05, 0.1) is 25.2 Å². The lowest BCUT2D eigenvalue weighted by atomic mass is 10.1. The maximum absolute atomic E-state index is 8.83. The van der Waals surface area contributed by atoms with Crippen molar-refractivity contribution in [3.63, 3.8) is 0 Å². The molecule has 1 aliphatic rings. The first kappa shape index (κ1) is 19.6. The fourth-order valence-electron chi connectivity index (χ4n) is 3.46. The predicted molar refractivity (Wildman–Crippen MR) is 109 cm³/mol. The van der Waals surface area contributed by atoms with Crippen molar-refractivity contribution in [3.05, 3.63) is 35.9 Å². The number of aromatic amines is 1. The van der Waals surface area contributed by atoms with Crippen LogP contribution >= 0.6 is 0 Å². The second-order valence-corrected chi connectivity index (χ2v) is 7.09. The van der Waals surface area contributed by atoms with Crippen molar-refractivity contribution >= 4 is 11.6 Å². The zero-order valence-corrected chi connectivity index (χ0v) is 16.7. The standard InChI is InChI=1S/C20H22N8O2/c1-11-6-16(30-15-5-3-4-13(15)22)19(20(25-11)29-2)14-7-17(28-27-14)26-18-10-23-12(8-21)9-24-18/h6-7,9-10,13,15H,3-5,22H2,1-2H3,(H2,24,26,27,28)/t13-,15-/m1/s1. The van der Waals surface area contributed by atoms with Crippen molar-refractivity contribution in [2.75, 3.05) is 12.4 Å². The summed E-state index contributed by atoms with van der Waals surface area (Å²) in [5, 5.41) is 19.2. The van der Waals surface area contributed by atoms with Gasteiger partial charge in [0.1, 0.15) is 29.3 Å². The fourth-order valence-corrected chi connectivity index (χ4v) is 3.46. The molecule has 3 aromatic heterocycles. The molecule has 0 aliphatic heterocycles. The number of aromatic nitrogens is 5. The molecule has 10 nitrogen and oxygen atoms in total. The monoisotopic (exact) mass is 406 g/mol. The highest BCUT2D eigenvalue weighted by Gasteiger charge is 2.28. The van der Waals surface area contributed by atoms with E-state index in [-0.39, 0.29) is 17.8 Å². The van der Waals surface area contributed by atoms with Crippen molar-refractivity contribution in [2.45, 2.75) is 38.3 Å². The Morgan fingerprint density at radius 3 is 2.77 bits per heavy atom. The fraction of sp³-hybridized carbons (Fsp3) is 0.350. The molecule has 3 heterocycles. The summed E-state index contributed by atoms with van der Waals surface area (Å²) in [6.07, 6.45) is 5.72. The molecule has 0 radical (unpaired) electrons. The van der Waals surface area contributed by atoms with Gasteiger partial charge in [0.15, 0.2) is 11.5 Å². The molecule has 0 unspecified atom stereocenters. The van der Waals surface area contributed by atoms with E-state index in [9.17, 15) is 0 Å². The molecule has 1 fully saturated rings. The van der Waals surface area contributed by atoms with Gasteiger partial charge in [-0.3, -0.25) is 5.10 Å². The summed E-state index contributed by atoms with van der Waals surface area (Å²) in [5.74, 6) is 2.07. The third kappa shape index (κ3) is 4.01. The average Bonchev–Trinajstić information content (AvgIpc) is 3.37. The molecular weight excluding hydrogens is 384 g/mol. The van der Waals surface area contributed by atoms with E-state index in [1.807, 2.05) is 19.1 Å². The van der Waals surface area contributed by atoms with E-state index < -0.39 is 0 Å². The number of anilines is 2. The number of ether oxygens (including phenoxy) is 2. The second-order valence-electron chi connectivity index (χ2n) is 7.09. The van der Waals surface area contributed by atoms with E-state index in [2.05, 4.69) is 30.5 Å². The molecule has 4 N–H and O–H groups in total. The summed E-state index contributed by atoms with van der Waals surface area (Å²) in [4.78, 5) is 12.6. The van der Waals surface area contributed by atoms with Crippen LogP contribution in [0.25, 0.3) is 11.3 Å². The van der Waals surface area contributed by atoms with Crippen LogP contribution in [0.4, 0.5) is 11.6 Å². The Kier molecular flexibility index (Phi) is 5.45. The van der Waals surface area contributed by atoms with Crippen molar-refractivity contribution < 1.29 is 9.47 Å². The number of nitrogens with zero attached hydrogens (tertiary/aromatic N) is 5. The molecule has 154 valence electrons. The number of nitriles is 1. The Bertz CT molecular complexity index is 1070. The summed E-state index contributed by atoms with van der Waals surface area (Å²) in [6.45, 7) is 1.89. The van der Waals surface area contributed by atoms with Gasteiger partial charge in [-0.25, -0.2) is 15.0 Å². The Labute approximate surface area is 173 Å². The first-order valence-electron chi connectivity index (χ1n) is 9.60. The molecule has 0 saturated heterocycles. The molecule has 0 aromatic carbocycles. The summed E-state index contributed by atoms with van der Waals surface area (Å²) < 4.78 is 11.8. The molecule has 2 atom stereocenters. The molecule has 10 heteroatoms. The Hall–Kier alpha value is -3.71. The van der Waals surface area contributed by atoms with Crippen molar-refractivity contribution in [2.24, 2.45) is 5.73 Å². The number of nitrogens with one attached hydrogen (secondary N) is 2. The zero-order valence-electron chi connectivity index (χ0n) is 16.7. The Morgan fingerprint density at radius 1 is 1.23 bits per heavy atom. The largest absolute Gasteiger partial charge is 0.488 e. The molecule has 0 amide bonds. The lowest BCUT2D eigenvalue weighted by molar-refractivity contribution is 0.191. The van der Waals surface area contributed by atoms with Gasteiger partial charge in [0.2, 0.25) is 5.88 Å². The minimum atomic E-state index is -0.0512. The van der Waals surface area contributed by atoms with Crippen LogP contribution in [0.15, 0.2) is 24.5 Å². The Morgan fingerprint density at radius 2 is 2.10 bits per heavy atom. The summed E-state index contributed by atoms with van der Waals surface area (Å²) in [6, 6.07) is 5.62. The third-order valence-electron chi connectivity index (χ3n) is 4.92. The van der Waals surface area contributed by atoms with Gasteiger partial charge in [0.25, 0.3) is 0 Å². The van der Waals surface area contributed by atoms with Crippen LogP contribution in [0, 0.1) is 18.3 Å². The number of rotatable bonds is 6. The van der Waals surface area contributed by atoms with Crippen LogP contribution < -0.4 is 20.5 Å². The van der Waals surface area contributed by atoms with Crippen LogP contribution in [0.5, 0.6) is 11.6 Å². The number of aryl methyl sites for hydroxylation is 1. The zero-order chi connectivity index (χ0) is 21.1. The first-order valence-corrected chi connectivity index (χ1v) is 9.60. The molecule has 0 spiro atoms. The van der Waals surface area contributed by atoms with Crippen LogP contribution in [-0.4, -0.2) is 44.4 Å². The number of hydrogen-bond acceptors (Lipinski definition) is 9. The highest BCUT2D eigenvalue weighted by Crippen LogP contribution is 2.39. The summed E-state index contributed by atoms with van der Waals surface area (Å²) in [7, 11) is 1.57.